The highest BCUT2D eigenvalue weighted by Gasteiger charge is 2.70. The highest BCUT2D eigenvalue weighted by atomic mass is 16.7. The number of ketones is 1. The predicted octanol–water partition coefficient (Wildman–Crippen LogP) is 4.11. The van der Waals surface area contributed by atoms with Crippen molar-refractivity contribution in [2.75, 3.05) is 0 Å². The normalized spacial score (nSPS) is 21.0. The second-order valence-electron chi connectivity index (χ2n) is 11.5. The van der Waals surface area contributed by atoms with Crippen LogP contribution >= 0.6 is 0 Å². The number of nitro groups is 6. The number of hydrogen-bond acceptors (Lipinski definition) is 17. The molecule has 3 aliphatic rings. The monoisotopic (exact) mass is 688 g/mol. The molecule has 1 saturated heterocycles. The van der Waals surface area contributed by atoms with Crippen LogP contribution in [-0.2, 0) is 23.9 Å². The van der Waals surface area contributed by atoms with Gasteiger partial charge in [-0.25, -0.2) is 0 Å². The van der Waals surface area contributed by atoms with E-state index in [2.05, 4.69) is 0 Å². The van der Waals surface area contributed by atoms with Gasteiger partial charge in [-0.3, -0.25) is 75.1 Å². The standard InChI is InChI=1S/C26H20N6O17/c33-12-10-15(13-4-6-17(27(36)37)21(31(44)45)19(13)29(40)41)26(23(34)48-25(49-24(26)35)8-2-1-3-9-25)16(11-12)14-5-7-18(28(38)39)22(32(46)47)20(14)30(42)43/h4-7,15-16H,1-3,8-11H2. The van der Waals surface area contributed by atoms with Crippen molar-refractivity contribution in [3.63, 3.8) is 0 Å². The summed E-state index contributed by atoms with van der Waals surface area (Å²) < 4.78 is 11.4. The molecule has 1 aliphatic heterocycles. The Morgan fingerprint density at radius 1 is 0.531 bits per heavy atom. The molecule has 1 heterocycles. The molecule has 256 valence electrons. The minimum atomic E-state index is -3.08. The third-order valence-corrected chi connectivity index (χ3v) is 9.01. The van der Waals surface area contributed by atoms with Crippen LogP contribution in [0, 0.1) is 66.1 Å². The van der Waals surface area contributed by atoms with Gasteiger partial charge in [0, 0.05) is 60.8 Å². The second-order valence-corrected chi connectivity index (χ2v) is 11.5. The van der Waals surface area contributed by atoms with Gasteiger partial charge in [0.1, 0.15) is 5.78 Å². The number of ether oxygens (including phenoxy) is 2. The predicted molar refractivity (Wildman–Crippen MR) is 153 cm³/mol. The van der Waals surface area contributed by atoms with Crippen LogP contribution < -0.4 is 0 Å². The smallest absolute Gasteiger partial charge is 0.422 e. The summed E-state index contributed by atoms with van der Waals surface area (Å²) in [5.74, 6) is -10.4. The first kappa shape index (κ1) is 33.8. The van der Waals surface area contributed by atoms with Crippen molar-refractivity contribution in [2.45, 2.75) is 62.6 Å². The van der Waals surface area contributed by atoms with Crippen LogP contribution in [0.25, 0.3) is 0 Å². The molecule has 2 aromatic rings. The van der Waals surface area contributed by atoms with Crippen molar-refractivity contribution in [1.82, 2.24) is 0 Å². The zero-order valence-corrected chi connectivity index (χ0v) is 24.5. The lowest BCUT2D eigenvalue weighted by molar-refractivity contribution is -0.441. The van der Waals surface area contributed by atoms with E-state index in [0.29, 0.717) is 43.5 Å². The molecule has 2 aromatic carbocycles. The molecule has 5 rings (SSSR count). The van der Waals surface area contributed by atoms with Crippen molar-refractivity contribution >= 4 is 51.8 Å². The largest absolute Gasteiger partial charge is 0.422 e. The maximum atomic E-state index is 14.4. The van der Waals surface area contributed by atoms with E-state index in [-0.39, 0.29) is 12.8 Å². The lowest BCUT2D eigenvalue weighted by Crippen LogP contribution is -2.62. The highest BCUT2D eigenvalue weighted by molar-refractivity contribution is 6.07. The Kier molecular flexibility index (Phi) is 8.22. The van der Waals surface area contributed by atoms with Crippen LogP contribution in [0.2, 0.25) is 0 Å². The van der Waals surface area contributed by atoms with Crippen LogP contribution in [0.3, 0.4) is 0 Å². The summed E-state index contributed by atoms with van der Waals surface area (Å²) in [5.41, 5.74) is -14.3. The minimum absolute atomic E-state index is 0.0267. The number of nitro benzene ring substituents is 6. The Bertz CT molecular complexity index is 1790. The number of esters is 2. The average Bonchev–Trinajstić information content (AvgIpc) is 3.02. The fraction of sp³-hybridized carbons (Fsp3) is 0.423. The Morgan fingerprint density at radius 3 is 1.22 bits per heavy atom. The maximum absolute atomic E-state index is 14.4. The van der Waals surface area contributed by atoms with Crippen LogP contribution in [-0.4, -0.2) is 53.0 Å². The zero-order valence-electron chi connectivity index (χ0n) is 24.5. The van der Waals surface area contributed by atoms with Crippen LogP contribution in [0.1, 0.15) is 67.9 Å². The van der Waals surface area contributed by atoms with Gasteiger partial charge in [-0.2, -0.15) is 0 Å². The molecule has 2 atom stereocenters. The summed E-state index contributed by atoms with van der Waals surface area (Å²) >= 11 is 0. The minimum Gasteiger partial charge on any atom is -0.422 e. The van der Waals surface area contributed by atoms with E-state index in [1.165, 1.54) is 0 Å². The van der Waals surface area contributed by atoms with Gasteiger partial charge in [-0.1, -0.05) is 6.42 Å². The molecule has 0 N–H and O–H groups in total. The first-order valence-electron chi connectivity index (χ1n) is 14.2. The molecule has 23 heteroatoms. The van der Waals surface area contributed by atoms with E-state index in [1.54, 1.807) is 0 Å². The maximum Gasteiger partial charge on any atom is 0.422 e. The van der Waals surface area contributed by atoms with E-state index in [0.717, 1.165) is 0 Å². The summed E-state index contributed by atoms with van der Waals surface area (Å²) in [6.07, 6.45) is -0.655. The molecule has 3 fully saturated rings. The van der Waals surface area contributed by atoms with Crippen molar-refractivity contribution in [3.8, 4) is 0 Å². The van der Waals surface area contributed by atoms with Crippen molar-refractivity contribution < 1.29 is 53.4 Å². The summed E-state index contributed by atoms with van der Waals surface area (Å²) in [5, 5.41) is 72.0. The quantitative estimate of drug-likeness (QED) is 0.163. The molecule has 23 nitrogen and oxygen atoms in total. The summed E-state index contributed by atoms with van der Waals surface area (Å²) in [6, 6.07) is 2.13. The van der Waals surface area contributed by atoms with Gasteiger partial charge in [-0.05, 0) is 25.0 Å². The first-order valence-corrected chi connectivity index (χ1v) is 14.2. The third-order valence-electron chi connectivity index (χ3n) is 9.01. The van der Waals surface area contributed by atoms with Crippen molar-refractivity contribution in [1.29, 1.82) is 0 Å². The van der Waals surface area contributed by atoms with Gasteiger partial charge in [0.25, 0.3) is 5.79 Å². The van der Waals surface area contributed by atoms with Crippen LogP contribution in [0.4, 0.5) is 34.1 Å². The van der Waals surface area contributed by atoms with Gasteiger partial charge in [0.2, 0.25) is 0 Å². The highest BCUT2D eigenvalue weighted by Crippen LogP contribution is 2.62. The average molecular weight is 688 g/mol. The Hall–Kier alpha value is -6.55. The number of hydrogen-bond donors (Lipinski definition) is 0. The van der Waals surface area contributed by atoms with E-state index in [4.69, 9.17) is 9.47 Å². The number of benzene rings is 2. The number of rotatable bonds is 8. The molecule has 0 aromatic heterocycles. The number of carbonyl (C=O) groups excluding carboxylic acids is 3. The summed E-state index contributed by atoms with van der Waals surface area (Å²) in [4.78, 5) is 106. The summed E-state index contributed by atoms with van der Waals surface area (Å²) in [6.45, 7) is 0. The number of carbonyl (C=O) groups is 3. The van der Waals surface area contributed by atoms with E-state index in [1.807, 2.05) is 0 Å². The Balaban J connectivity index is 1.90. The Morgan fingerprint density at radius 2 is 0.898 bits per heavy atom. The molecular formula is C26H20N6O17. The lowest BCUT2D eigenvalue weighted by Gasteiger charge is -2.51. The SMILES string of the molecule is O=C1CC(c2ccc([N+](=O)[O-])c([N+](=O)[O-])c2[N+](=O)[O-])C2(C(=O)OC3(CCCCC3)OC2=O)C(c2ccc([N+](=O)[O-])c([N+](=O)[O-])c2[N+](=O)[O-])C1. The van der Waals surface area contributed by atoms with Crippen molar-refractivity contribution in [3.05, 3.63) is 96.1 Å². The van der Waals surface area contributed by atoms with Crippen LogP contribution in [0.5, 0.6) is 0 Å². The molecular weight excluding hydrogens is 668 g/mol. The molecule has 0 amide bonds. The first-order chi connectivity index (χ1) is 23.0. The van der Waals surface area contributed by atoms with Gasteiger partial charge in [-0.15, -0.1) is 0 Å². The van der Waals surface area contributed by atoms with E-state index >= 15 is 0 Å². The van der Waals surface area contributed by atoms with Gasteiger partial charge in [0.15, 0.2) is 5.41 Å². The van der Waals surface area contributed by atoms with E-state index < -0.39 is 128 Å². The molecule has 0 radical (unpaired) electrons. The van der Waals surface area contributed by atoms with Crippen LogP contribution in [0.15, 0.2) is 24.3 Å². The fourth-order valence-corrected chi connectivity index (χ4v) is 7.06. The zero-order chi connectivity index (χ0) is 36.2. The molecule has 0 bridgehead atoms. The van der Waals surface area contributed by atoms with E-state index in [9.17, 15) is 75.1 Å². The molecule has 49 heavy (non-hydrogen) atoms. The Labute approximate surface area is 269 Å². The topological polar surface area (TPSA) is 329 Å². The number of nitrogens with zero attached hydrogens (tertiary/aromatic N) is 6. The second kappa shape index (κ2) is 11.9. The summed E-state index contributed by atoms with van der Waals surface area (Å²) in [7, 11) is 0. The molecule has 2 aliphatic carbocycles. The van der Waals surface area contributed by atoms with Gasteiger partial charge >= 0.3 is 46.1 Å². The van der Waals surface area contributed by atoms with Gasteiger partial charge < -0.3 is 9.47 Å². The van der Waals surface area contributed by atoms with Gasteiger partial charge in [0.05, 0.1) is 29.5 Å². The fourth-order valence-electron chi connectivity index (χ4n) is 7.06. The molecule has 2 unspecified atom stereocenters. The third kappa shape index (κ3) is 5.19. The molecule has 2 spiro atoms. The molecule has 2 saturated carbocycles. The number of Topliss-reactive ketones (excluding diaryl/α,β-unsaturated/α-hetero) is 1. The van der Waals surface area contributed by atoms with Crippen molar-refractivity contribution in [2.24, 2.45) is 5.41 Å². The lowest BCUT2D eigenvalue weighted by atomic mass is 9.55.